The van der Waals surface area contributed by atoms with Crippen molar-refractivity contribution in [3.63, 3.8) is 0 Å². The maximum atomic E-state index is 12.4. The summed E-state index contributed by atoms with van der Waals surface area (Å²) in [5, 5.41) is 9.38. The molecule has 0 radical (unpaired) electrons. The van der Waals surface area contributed by atoms with Gasteiger partial charge >= 0.3 is 5.97 Å². The summed E-state index contributed by atoms with van der Waals surface area (Å²) in [4.78, 5) is 18.6. The number of carbonyl (C=O) groups excluding carboxylic acids is 1. The topological polar surface area (TPSA) is 92.5 Å². The predicted molar refractivity (Wildman–Crippen MR) is 96.8 cm³/mol. The zero-order valence-electron chi connectivity index (χ0n) is 15.4. The number of ether oxygens (including phenoxy) is 1. The molecule has 3 heterocycles. The zero-order chi connectivity index (χ0) is 18.8. The van der Waals surface area contributed by atoms with Gasteiger partial charge in [-0.3, -0.25) is 4.79 Å². The molecule has 2 fully saturated rings. The van der Waals surface area contributed by atoms with Crippen LogP contribution in [0.15, 0.2) is 27.2 Å². The van der Waals surface area contributed by atoms with E-state index in [0.29, 0.717) is 49.4 Å². The van der Waals surface area contributed by atoms with E-state index < -0.39 is 0 Å². The molecule has 4 rings (SSSR count). The van der Waals surface area contributed by atoms with Gasteiger partial charge in [-0.1, -0.05) is 6.92 Å². The number of aromatic nitrogens is 1. The second-order valence-electron chi connectivity index (χ2n) is 7.50. The molecule has 2 aliphatic rings. The molecule has 0 unspecified atom stereocenters. The third-order valence-corrected chi connectivity index (χ3v) is 5.49. The summed E-state index contributed by atoms with van der Waals surface area (Å²) >= 11 is 0. The van der Waals surface area contributed by atoms with Crippen molar-refractivity contribution in [3.8, 4) is 17.7 Å². The molecule has 0 amide bonds. The maximum absolute atomic E-state index is 12.4. The molecule has 7 heteroatoms. The van der Waals surface area contributed by atoms with Gasteiger partial charge in [0.25, 0.3) is 5.89 Å². The number of hydrogen-bond acceptors (Lipinski definition) is 7. The van der Waals surface area contributed by atoms with Crippen LogP contribution in [-0.4, -0.2) is 30.1 Å². The van der Waals surface area contributed by atoms with Gasteiger partial charge < -0.3 is 18.5 Å². The number of piperidine rings is 1. The molecule has 1 saturated heterocycles. The summed E-state index contributed by atoms with van der Waals surface area (Å²) in [5.41, 5.74) is 0.238. The van der Waals surface area contributed by atoms with Gasteiger partial charge in [0.2, 0.25) is 11.6 Å². The maximum Gasteiger partial charge on any atom is 0.309 e. The molecule has 0 spiro atoms. The summed E-state index contributed by atoms with van der Waals surface area (Å²) in [6, 6.07) is 5.56. The van der Waals surface area contributed by atoms with E-state index in [-0.39, 0.29) is 23.7 Å². The monoisotopic (exact) mass is 369 g/mol. The van der Waals surface area contributed by atoms with E-state index in [0.717, 1.165) is 19.3 Å². The normalized spacial score (nSPS) is 23.3. The van der Waals surface area contributed by atoms with E-state index in [4.69, 9.17) is 13.6 Å². The first-order valence-corrected chi connectivity index (χ1v) is 9.54. The Morgan fingerprint density at radius 3 is 2.78 bits per heavy atom. The van der Waals surface area contributed by atoms with Gasteiger partial charge in [0, 0.05) is 13.1 Å². The van der Waals surface area contributed by atoms with Crippen LogP contribution in [-0.2, 0) is 9.53 Å². The number of oxazole rings is 1. The van der Waals surface area contributed by atoms with Gasteiger partial charge in [0.05, 0.1) is 12.2 Å². The molecule has 2 aromatic rings. The predicted octanol–water partition coefficient (Wildman–Crippen LogP) is 3.75. The van der Waals surface area contributed by atoms with Crippen molar-refractivity contribution >= 4 is 11.9 Å². The highest BCUT2D eigenvalue weighted by Gasteiger charge is 2.32. The van der Waals surface area contributed by atoms with E-state index >= 15 is 0 Å². The smallest absolute Gasteiger partial charge is 0.309 e. The third kappa shape index (κ3) is 3.70. The fourth-order valence-corrected chi connectivity index (χ4v) is 3.95. The summed E-state index contributed by atoms with van der Waals surface area (Å²) < 4.78 is 16.8. The summed E-state index contributed by atoms with van der Waals surface area (Å²) in [5.74, 6) is 1.70. The number of rotatable bonds is 4. The Morgan fingerprint density at radius 1 is 1.33 bits per heavy atom. The van der Waals surface area contributed by atoms with Gasteiger partial charge in [-0.15, -0.1) is 0 Å². The molecule has 0 aromatic carbocycles. The van der Waals surface area contributed by atoms with E-state index in [2.05, 4.69) is 18.0 Å². The lowest BCUT2D eigenvalue weighted by molar-refractivity contribution is -0.154. The van der Waals surface area contributed by atoms with Crippen molar-refractivity contribution < 1.29 is 18.4 Å². The SMILES string of the molecule is C[C@@H]1CC[C@@H](OC(=O)C2CCN(c3oc(-c4ccco4)nc3C#N)CC2)C1. The van der Waals surface area contributed by atoms with Crippen molar-refractivity contribution in [1.82, 2.24) is 4.98 Å². The molecule has 1 aliphatic heterocycles. The second kappa shape index (κ2) is 7.47. The minimum absolute atomic E-state index is 0.0805. The molecule has 2 aromatic heterocycles. The lowest BCUT2D eigenvalue weighted by Gasteiger charge is -2.31. The molecule has 1 saturated carbocycles. The first-order valence-electron chi connectivity index (χ1n) is 9.54. The first-order chi connectivity index (χ1) is 13.1. The van der Waals surface area contributed by atoms with E-state index in [1.54, 1.807) is 12.1 Å². The standard InChI is InChI=1S/C20H23N3O4/c1-13-4-5-15(11-13)26-20(24)14-6-8-23(9-7-14)19-16(12-21)22-18(27-19)17-3-2-10-25-17/h2-3,10,13-15H,4-9,11H2,1H3/t13-,15-/m1/s1. The van der Waals surface area contributed by atoms with Gasteiger partial charge in [-0.2, -0.15) is 10.2 Å². The minimum atomic E-state index is -0.0878. The fraction of sp³-hybridized carbons (Fsp3) is 0.550. The Morgan fingerprint density at radius 2 is 2.15 bits per heavy atom. The highest BCUT2D eigenvalue weighted by Crippen LogP contribution is 2.32. The van der Waals surface area contributed by atoms with Crippen LogP contribution in [0.1, 0.15) is 44.7 Å². The fourth-order valence-electron chi connectivity index (χ4n) is 3.95. The van der Waals surface area contributed by atoms with Crippen molar-refractivity contribution in [2.45, 2.75) is 45.1 Å². The van der Waals surface area contributed by atoms with Crippen LogP contribution >= 0.6 is 0 Å². The highest BCUT2D eigenvalue weighted by molar-refractivity contribution is 5.73. The van der Waals surface area contributed by atoms with Gasteiger partial charge in [-0.25, -0.2) is 0 Å². The molecule has 7 nitrogen and oxygen atoms in total. The van der Waals surface area contributed by atoms with Crippen LogP contribution in [0.3, 0.4) is 0 Å². The minimum Gasteiger partial charge on any atom is -0.462 e. The molecule has 1 aliphatic carbocycles. The first kappa shape index (κ1) is 17.7. The van der Waals surface area contributed by atoms with Gasteiger partial charge in [-0.05, 0) is 50.2 Å². The Labute approximate surface area is 157 Å². The number of nitriles is 1. The Bertz CT molecular complexity index is 828. The summed E-state index contributed by atoms with van der Waals surface area (Å²) in [6.07, 6.45) is 6.07. The molecular weight excluding hydrogens is 346 g/mol. The number of anilines is 1. The average Bonchev–Trinajstić information content (AvgIpc) is 3.42. The summed E-state index contributed by atoms with van der Waals surface area (Å²) in [6.45, 7) is 3.46. The number of carbonyl (C=O) groups is 1. The van der Waals surface area contributed by atoms with Crippen molar-refractivity contribution in [2.24, 2.45) is 11.8 Å². The van der Waals surface area contributed by atoms with Crippen molar-refractivity contribution in [1.29, 1.82) is 5.26 Å². The molecular formula is C20H23N3O4. The molecule has 0 bridgehead atoms. The zero-order valence-corrected chi connectivity index (χ0v) is 15.4. The second-order valence-corrected chi connectivity index (χ2v) is 7.50. The van der Waals surface area contributed by atoms with Crippen LogP contribution in [0.4, 0.5) is 5.88 Å². The largest absolute Gasteiger partial charge is 0.462 e. The van der Waals surface area contributed by atoms with Crippen LogP contribution in [0.2, 0.25) is 0 Å². The molecule has 2 atom stereocenters. The molecule has 0 N–H and O–H groups in total. The molecule has 142 valence electrons. The lowest BCUT2D eigenvalue weighted by atomic mass is 9.97. The van der Waals surface area contributed by atoms with E-state index in [1.165, 1.54) is 6.26 Å². The van der Waals surface area contributed by atoms with Crippen LogP contribution < -0.4 is 4.90 Å². The quantitative estimate of drug-likeness (QED) is 0.758. The summed E-state index contributed by atoms with van der Waals surface area (Å²) in [7, 11) is 0. The van der Waals surface area contributed by atoms with Crippen molar-refractivity contribution in [2.75, 3.05) is 18.0 Å². The van der Waals surface area contributed by atoms with Crippen LogP contribution in [0.25, 0.3) is 11.7 Å². The van der Waals surface area contributed by atoms with E-state index in [1.807, 2.05) is 4.90 Å². The van der Waals surface area contributed by atoms with Crippen LogP contribution in [0, 0.1) is 23.2 Å². The molecule has 27 heavy (non-hydrogen) atoms. The van der Waals surface area contributed by atoms with Gasteiger partial charge in [0.1, 0.15) is 12.2 Å². The van der Waals surface area contributed by atoms with E-state index in [9.17, 15) is 10.1 Å². The third-order valence-electron chi connectivity index (χ3n) is 5.49. The Balaban J connectivity index is 1.38. The number of hydrogen-bond donors (Lipinski definition) is 0. The van der Waals surface area contributed by atoms with Crippen LogP contribution in [0.5, 0.6) is 0 Å². The van der Waals surface area contributed by atoms with Gasteiger partial charge in [0.15, 0.2) is 5.76 Å². The number of esters is 1. The Kier molecular flexibility index (Phi) is 4.88. The lowest BCUT2D eigenvalue weighted by Crippen LogP contribution is -2.37. The van der Waals surface area contributed by atoms with Crippen molar-refractivity contribution in [3.05, 3.63) is 24.1 Å². The highest BCUT2D eigenvalue weighted by atomic mass is 16.5. The number of nitrogens with zero attached hydrogens (tertiary/aromatic N) is 3. The Hall–Kier alpha value is -2.75. The number of furan rings is 1. The average molecular weight is 369 g/mol.